The Bertz CT molecular complexity index is 567. The summed E-state index contributed by atoms with van der Waals surface area (Å²) >= 11 is 0. The number of cyclic esters (lactones) is 1. The molecule has 0 spiro atoms. The van der Waals surface area contributed by atoms with Gasteiger partial charge in [0.25, 0.3) is 0 Å². The van der Waals surface area contributed by atoms with Crippen molar-refractivity contribution in [2.24, 2.45) is 17.8 Å². The SMILES string of the molecule is C[C@H](O[Si](C)(C)C)[C@@H]1OC(=O)[C@H]2C[C@H]([C@]3(C)OCC(C)(C)O3)C=C[C@H]12. The zero-order valence-corrected chi connectivity index (χ0v) is 17.5. The van der Waals surface area contributed by atoms with Gasteiger partial charge in [0.1, 0.15) is 6.10 Å². The van der Waals surface area contributed by atoms with Gasteiger partial charge in [-0.2, -0.15) is 0 Å². The van der Waals surface area contributed by atoms with Gasteiger partial charge >= 0.3 is 5.97 Å². The average molecular weight is 369 g/mol. The van der Waals surface area contributed by atoms with Crippen molar-refractivity contribution in [1.82, 2.24) is 0 Å². The van der Waals surface area contributed by atoms with Crippen molar-refractivity contribution >= 4 is 14.3 Å². The van der Waals surface area contributed by atoms with E-state index in [0.29, 0.717) is 13.0 Å². The molecule has 0 aromatic rings. The number of ether oxygens (including phenoxy) is 3. The molecule has 2 fully saturated rings. The first kappa shape index (κ1) is 19.1. The van der Waals surface area contributed by atoms with Gasteiger partial charge in [0, 0.05) is 11.8 Å². The lowest BCUT2D eigenvalue weighted by Gasteiger charge is -2.37. The Morgan fingerprint density at radius 2 is 1.92 bits per heavy atom. The lowest BCUT2D eigenvalue weighted by Crippen LogP contribution is -2.43. The second kappa shape index (κ2) is 6.18. The average Bonchev–Trinajstić information content (AvgIpc) is 2.95. The fourth-order valence-electron chi connectivity index (χ4n) is 4.33. The molecule has 0 amide bonds. The van der Waals surface area contributed by atoms with E-state index in [0.717, 1.165) is 0 Å². The molecule has 3 rings (SSSR count). The van der Waals surface area contributed by atoms with E-state index in [1.54, 1.807) is 0 Å². The van der Waals surface area contributed by atoms with Crippen molar-refractivity contribution in [3.8, 4) is 0 Å². The highest BCUT2D eigenvalue weighted by atomic mass is 28.4. The van der Waals surface area contributed by atoms with Gasteiger partial charge < -0.3 is 18.6 Å². The number of fused-ring (bicyclic) bond motifs is 1. The summed E-state index contributed by atoms with van der Waals surface area (Å²) in [7, 11) is -1.68. The van der Waals surface area contributed by atoms with E-state index in [2.05, 4.69) is 31.8 Å². The highest BCUT2D eigenvalue weighted by Gasteiger charge is 2.54. The van der Waals surface area contributed by atoms with E-state index < -0.39 is 14.1 Å². The van der Waals surface area contributed by atoms with Gasteiger partial charge in [-0.25, -0.2) is 0 Å². The Kier molecular flexibility index (Phi) is 4.72. The molecule has 3 aliphatic rings. The lowest BCUT2D eigenvalue weighted by atomic mass is 9.75. The van der Waals surface area contributed by atoms with Gasteiger partial charge in [0.2, 0.25) is 0 Å². The van der Waals surface area contributed by atoms with E-state index in [1.165, 1.54) is 0 Å². The van der Waals surface area contributed by atoms with Crippen LogP contribution in [0.2, 0.25) is 19.6 Å². The minimum absolute atomic E-state index is 0.0510. The van der Waals surface area contributed by atoms with Gasteiger partial charge in [0.05, 0.1) is 24.2 Å². The standard InChI is InChI=1S/C19H32O5Si/c1-12(23-25(5,6)7)16-14-9-8-13(10-15(14)17(20)22-16)19(4)21-11-18(2,3)24-19/h8-9,12-16H,10-11H2,1-7H3/t12-,13+,14-,15-,16-,19+/m0/s1. The number of carbonyl (C=O) groups is 1. The summed E-state index contributed by atoms with van der Waals surface area (Å²) in [6.07, 6.45) is 4.69. The second-order valence-electron chi connectivity index (χ2n) is 9.41. The zero-order valence-electron chi connectivity index (χ0n) is 16.5. The Hall–Kier alpha value is -0.693. The number of hydrogen-bond acceptors (Lipinski definition) is 5. The van der Waals surface area contributed by atoms with Crippen LogP contribution in [-0.2, 0) is 23.4 Å². The number of esters is 1. The summed E-state index contributed by atoms with van der Waals surface area (Å²) in [5.41, 5.74) is -0.294. The monoisotopic (exact) mass is 368 g/mol. The Balaban J connectivity index is 1.74. The Morgan fingerprint density at radius 3 is 2.48 bits per heavy atom. The van der Waals surface area contributed by atoms with Gasteiger partial charge in [-0.15, -0.1) is 0 Å². The van der Waals surface area contributed by atoms with Crippen molar-refractivity contribution in [1.29, 1.82) is 0 Å². The highest BCUT2D eigenvalue weighted by Crippen LogP contribution is 2.46. The fraction of sp³-hybridized carbons (Fsp3) is 0.842. The summed E-state index contributed by atoms with van der Waals surface area (Å²) in [5.74, 6) is -0.802. The maximum atomic E-state index is 12.5. The predicted molar refractivity (Wildman–Crippen MR) is 97.5 cm³/mol. The first-order chi connectivity index (χ1) is 11.4. The van der Waals surface area contributed by atoms with E-state index >= 15 is 0 Å². The van der Waals surface area contributed by atoms with Crippen molar-refractivity contribution in [2.75, 3.05) is 6.61 Å². The molecule has 5 nitrogen and oxygen atoms in total. The molecule has 2 saturated heterocycles. The lowest BCUT2D eigenvalue weighted by molar-refractivity contribution is -0.197. The number of carbonyl (C=O) groups excluding carboxylic acids is 1. The van der Waals surface area contributed by atoms with Crippen LogP contribution in [0, 0.1) is 17.8 Å². The fourth-order valence-corrected chi connectivity index (χ4v) is 5.58. The van der Waals surface area contributed by atoms with Gasteiger partial charge in [-0.3, -0.25) is 4.79 Å². The van der Waals surface area contributed by atoms with Crippen molar-refractivity contribution < 1.29 is 23.4 Å². The number of hydrogen-bond donors (Lipinski definition) is 0. The van der Waals surface area contributed by atoms with Crippen LogP contribution in [-0.4, -0.2) is 44.5 Å². The van der Waals surface area contributed by atoms with E-state index in [1.807, 2.05) is 27.7 Å². The van der Waals surface area contributed by atoms with Crippen LogP contribution in [0.15, 0.2) is 12.2 Å². The molecule has 0 radical (unpaired) electrons. The van der Waals surface area contributed by atoms with Crippen LogP contribution < -0.4 is 0 Å². The smallest absolute Gasteiger partial charge is 0.310 e. The summed E-state index contributed by atoms with van der Waals surface area (Å²) in [5, 5.41) is 0. The van der Waals surface area contributed by atoms with Crippen LogP contribution in [0.5, 0.6) is 0 Å². The third-order valence-electron chi connectivity index (χ3n) is 5.33. The molecule has 0 aromatic carbocycles. The molecular weight excluding hydrogens is 336 g/mol. The van der Waals surface area contributed by atoms with Crippen LogP contribution in [0.25, 0.3) is 0 Å². The maximum absolute atomic E-state index is 12.5. The Labute approximate surface area is 152 Å². The summed E-state index contributed by atoms with van der Waals surface area (Å²) < 4.78 is 24.0. The summed E-state index contributed by atoms with van der Waals surface area (Å²) in [4.78, 5) is 12.5. The van der Waals surface area contributed by atoms with Crippen LogP contribution in [0.4, 0.5) is 0 Å². The highest BCUT2D eigenvalue weighted by molar-refractivity contribution is 6.69. The molecule has 2 aliphatic heterocycles. The first-order valence-corrected chi connectivity index (χ1v) is 12.7. The zero-order chi connectivity index (χ0) is 18.6. The van der Waals surface area contributed by atoms with Crippen molar-refractivity contribution in [3.63, 3.8) is 0 Å². The largest absolute Gasteiger partial charge is 0.459 e. The predicted octanol–water partition coefficient (Wildman–Crippen LogP) is 3.50. The topological polar surface area (TPSA) is 54.0 Å². The van der Waals surface area contributed by atoms with Crippen molar-refractivity contribution in [3.05, 3.63) is 12.2 Å². The van der Waals surface area contributed by atoms with Gasteiger partial charge in [0.15, 0.2) is 14.1 Å². The minimum atomic E-state index is -1.68. The first-order valence-electron chi connectivity index (χ1n) is 9.31. The molecule has 6 atom stereocenters. The molecular formula is C19H32O5Si. The molecule has 0 unspecified atom stereocenters. The normalized spacial score (nSPS) is 41.5. The molecule has 2 heterocycles. The molecule has 0 N–H and O–H groups in total. The molecule has 142 valence electrons. The molecule has 6 heteroatoms. The molecule has 1 aliphatic carbocycles. The molecule has 0 saturated carbocycles. The summed E-state index contributed by atoms with van der Waals surface area (Å²) in [6, 6.07) is 0. The van der Waals surface area contributed by atoms with Gasteiger partial charge in [-0.05, 0) is 53.8 Å². The van der Waals surface area contributed by atoms with Crippen LogP contribution in [0.1, 0.15) is 34.1 Å². The third-order valence-corrected chi connectivity index (χ3v) is 6.41. The minimum Gasteiger partial charge on any atom is -0.459 e. The summed E-state index contributed by atoms with van der Waals surface area (Å²) in [6.45, 7) is 15.1. The van der Waals surface area contributed by atoms with E-state index in [9.17, 15) is 4.79 Å². The quantitative estimate of drug-likeness (QED) is 0.432. The second-order valence-corrected chi connectivity index (χ2v) is 13.9. The van der Waals surface area contributed by atoms with Crippen LogP contribution >= 0.6 is 0 Å². The van der Waals surface area contributed by atoms with Crippen LogP contribution in [0.3, 0.4) is 0 Å². The molecule has 0 aromatic heterocycles. The third kappa shape index (κ3) is 3.87. The molecule has 25 heavy (non-hydrogen) atoms. The molecule has 0 bridgehead atoms. The Morgan fingerprint density at radius 1 is 1.24 bits per heavy atom. The van der Waals surface area contributed by atoms with E-state index in [4.69, 9.17) is 18.6 Å². The van der Waals surface area contributed by atoms with Crippen molar-refractivity contribution in [2.45, 2.75) is 77.4 Å². The number of rotatable bonds is 4. The van der Waals surface area contributed by atoms with Gasteiger partial charge in [-0.1, -0.05) is 12.2 Å². The maximum Gasteiger partial charge on any atom is 0.310 e. The van der Waals surface area contributed by atoms with E-state index in [-0.39, 0.29) is 41.5 Å².